The van der Waals surface area contributed by atoms with Gasteiger partial charge in [0.05, 0.1) is 10.2 Å². The van der Waals surface area contributed by atoms with Gasteiger partial charge in [-0.15, -0.1) is 0 Å². The Bertz CT molecular complexity index is 558. The van der Waals surface area contributed by atoms with Gasteiger partial charge < -0.3 is 10.8 Å². The largest absolute Gasteiger partial charge is 0.507 e. The normalized spacial score (nSPS) is 27.0. The van der Waals surface area contributed by atoms with E-state index < -0.39 is 5.66 Å². The van der Waals surface area contributed by atoms with Gasteiger partial charge >= 0.3 is 0 Å². The first-order chi connectivity index (χ1) is 8.53. The first kappa shape index (κ1) is 11.7. The van der Waals surface area contributed by atoms with Crippen molar-refractivity contribution in [3.05, 3.63) is 28.2 Å². The lowest BCUT2D eigenvalue weighted by Crippen LogP contribution is -2.23. The Balaban J connectivity index is 2.14. The van der Waals surface area contributed by atoms with Crippen LogP contribution in [0.1, 0.15) is 25.3 Å². The van der Waals surface area contributed by atoms with E-state index in [0.29, 0.717) is 16.2 Å². The molecule has 1 saturated carbocycles. The molecule has 1 fully saturated rings. The van der Waals surface area contributed by atoms with Gasteiger partial charge in [-0.3, -0.25) is 4.99 Å². The molecule has 1 aromatic rings. The smallest absolute Gasteiger partial charge is 0.181 e. The molecule has 94 valence electrons. The van der Waals surface area contributed by atoms with Crippen LogP contribution >= 0.6 is 15.9 Å². The number of hydrogen-bond acceptors (Lipinski definition) is 4. The minimum atomic E-state index is -0.565. The van der Waals surface area contributed by atoms with Crippen molar-refractivity contribution in [3.63, 3.8) is 0 Å². The zero-order valence-electron chi connectivity index (χ0n) is 10.0. The van der Waals surface area contributed by atoms with Crippen LogP contribution in [0.15, 0.2) is 32.7 Å². The fourth-order valence-electron chi connectivity index (χ4n) is 2.37. The lowest BCUT2D eigenvalue weighted by atomic mass is 9.95. The number of aliphatic imine (C=N–C) groups is 2. The number of phenolic OH excluding ortho intramolecular Hbond substituents is 1. The molecule has 4 nitrogen and oxygen atoms in total. The molecule has 18 heavy (non-hydrogen) atoms. The van der Waals surface area contributed by atoms with Crippen molar-refractivity contribution in [3.8, 4) is 5.75 Å². The van der Waals surface area contributed by atoms with Gasteiger partial charge in [-0.05, 0) is 47.8 Å². The molecule has 5 heteroatoms. The third-order valence-corrected chi connectivity index (χ3v) is 4.15. The molecule has 1 aliphatic heterocycles. The maximum atomic E-state index is 9.59. The van der Waals surface area contributed by atoms with Gasteiger partial charge in [-0.1, -0.05) is 6.07 Å². The molecule has 3 rings (SSSR count). The summed E-state index contributed by atoms with van der Waals surface area (Å²) in [5.74, 6) is 1.16. The molecule has 2 aliphatic rings. The van der Waals surface area contributed by atoms with Gasteiger partial charge in [0.15, 0.2) is 5.66 Å². The van der Waals surface area contributed by atoms with Crippen LogP contribution in [0.5, 0.6) is 5.75 Å². The highest BCUT2D eigenvalue weighted by molar-refractivity contribution is 9.10. The highest BCUT2D eigenvalue weighted by atomic mass is 79.9. The molecular formula is C13H14BrN3O. The van der Waals surface area contributed by atoms with E-state index >= 15 is 0 Å². The number of benzene rings is 1. The highest BCUT2D eigenvalue weighted by Gasteiger charge is 2.49. The quantitative estimate of drug-likeness (QED) is 0.881. The van der Waals surface area contributed by atoms with Crippen LogP contribution < -0.4 is 5.73 Å². The van der Waals surface area contributed by atoms with E-state index in [-0.39, 0.29) is 5.75 Å². The monoisotopic (exact) mass is 307 g/mol. The van der Waals surface area contributed by atoms with E-state index in [1.165, 1.54) is 0 Å². The molecule has 1 atom stereocenters. The number of amidine groups is 1. The van der Waals surface area contributed by atoms with Crippen LogP contribution in [0.2, 0.25) is 0 Å². The number of nitrogens with two attached hydrogens (primary N) is 1. The fourth-order valence-corrected chi connectivity index (χ4v) is 2.75. The predicted molar refractivity (Wildman–Crippen MR) is 74.9 cm³/mol. The molecule has 0 aromatic heterocycles. The second-order valence-electron chi connectivity index (χ2n) is 4.86. The third-order valence-electron chi connectivity index (χ3n) is 3.52. The second-order valence-corrected chi connectivity index (χ2v) is 5.72. The summed E-state index contributed by atoms with van der Waals surface area (Å²) in [6.07, 6.45) is 2.23. The Morgan fingerprint density at radius 3 is 2.61 bits per heavy atom. The molecule has 1 aromatic carbocycles. The van der Waals surface area contributed by atoms with Crippen molar-refractivity contribution >= 4 is 27.5 Å². The van der Waals surface area contributed by atoms with Gasteiger partial charge in [0, 0.05) is 11.5 Å². The summed E-state index contributed by atoms with van der Waals surface area (Å²) >= 11 is 3.34. The lowest BCUT2D eigenvalue weighted by Gasteiger charge is -2.23. The Hall–Kier alpha value is -1.36. The number of halogens is 1. The Morgan fingerprint density at radius 2 is 2.11 bits per heavy atom. The zero-order valence-corrected chi connectivity index (χ0v) is 11.6. The van der Waals surface area contributed by atoms with Crippen molar-refractivity contribution in [1.29, 1.82) is 0 Å². The predicted octanol–water partition coefficient (Wildman–Crippen LogP) is 2.55. The lowest BCUT2D eigenvalue weighted by molar-refractivity contribution is 0.414. The SMILES string of the molecule is CC1=N[C@](c2ccc(O)c(Br)c2)(C2CC2)N=C1N. The van der Waals surface area contributed by atoms with Crippen LogP contribution in [-0.4, -0.2) is 16.7 Å². The van der Waals surface area contributed by atoms with Gasteiger partial charge in [0.25, 0.3) is 0 Å². The van der Waals surface area contributed by atoms with E-state index in [1.807, 2.05) is 19.1 Å². The number of nitrogens with zero attached hydrogens (tertiary/aromatic N) is 2. The number of phenols is 1. The molecular weight excluding hydrogens is 294 g/mol. The van der Waals surface area contributed by atoms with E-state index in [9.17, 15) is 5.11 Å². The average molecular weight is 308 g/mol. The molecule has 0 bridgehead atoms. The molecule has 0 unspecified atom stereocenters. The third kappa shape index (κ3) is 1.65. The molecule has 0 amide bonds. The van der Waals surface area contributed by atoms with Crippen LogP contribution in [0.4, 0.5) is 0 Å². The van der Waals surface area contributed by atoms with E-state index in [1.54, 1.807) is 6.07 Å². The zero-order chi connectivity index (χ0) is 12.9. The van der Waals surface area contributed by atoms with Crippen molar-refractivity contribution in [1.82, 2.24) is 0 Å². The van der Waals surface area contributed by atoms with E-state index in [4.69, 9.17) is 5.73 Å². The molecule has 0 spiro atoms. The van der Waals surface area contributed by atoms with Crippen LogP contribution in [0, 0.1) is 5.92 Å². The second kappa shape index (κ2) is 3.82. The van der Waals surface area contributed by atoms with Crippen LogP contribution in [-0.2, 0) is 5.66 Å². The van der Waals surface area contributed by atoms with Crippen molar-refractivity contribution in [2.45, 2.75) is 25.4 Å². The first-order valence-electron chi connectivity index (χ1n) is 5.94. The van der Waals surface area contributed by atoms with Crippen molar-refractivity contribution < 1.29 is 5.11 Å². The van der Waals surface area contributed by atoms with E-state index in [0.717, 1.165) is 24.1 Å². The average Bonchev–Trinajstić information content (AvgIpc) is 3.12. The van der Waals surface area contributed by atoms with Crippen molar-refractivity contribution in [2.24, 2.45) is 21.6 Å². The number of rotatable bonds is 2. The summed E-state index contributed by atoms with van der Waals surface area (Å²) < 4.78 is 0.661. The molecule has 0 saturated heterocycles. The van der Waals surface area contributed by atoms with Crippen molar-refractivity contribution in [2.75, 3.05) is 0 Å². The standard InChI is InChI=1S/C13H14BrN3O/c1-7-12(15)17-13(16-7,8-2-3-8)9-4-5-11(18)10(14)6-9/h4-6,8,18H,2-3H2,1H3,(H2,15,17)/t13-/m1/s1. The summed E-state index contributed by atoms with van der Waals surface area (Å²) in [5.41, 5.74) is 7.10. The maximum Gasteiger partial charge on any atom is 0.181 e. The summed E-state index contributed by atoms with van der Waals surface area (Å²) in [4.78, 5) is 9.28. The molecule has 0 radical (unpaired) electrons. The summed E-state index contributed by atoms with van der Waals surface area (Å²) in [7, 11) is 0. The Labute approximate surface area is 114 Å². The number of hydrogen-bond donors (Lipinski definition) is 2. The summed E-state index contributed by atoms with van der Waals surface area (Å²) in [5, 5.41) is 9.59. The minimum Gasteiger partial charge on any atom is -0.507 e. The summed E-state index contributed by atoms with van der Waals surface area (Å²) in [6, 6.07) is 5.42. The topological polar surface area (TPSA) is 71.0 Å². The van der Waals surface area contributed by atoms with Crippen LogP contribution in [0.25, 0.3) is 0 Å². The fraction of sp³-hybridized carbons (Fsp3) is 0.385. The van der Waals surface area contributed by atoms with Crippen LogP contribution in [0.3, 0.4) is 0 Å². The number of aromatic hydroxyl groups is 1. The van der Waals surface area contributed by atoms with Gasteiger partial charge in [-0.2, -0.15) is 0 Å². The summed E-state index contributed by atoms with van der Waals surface area (Å²) in [6.45, 7) is 1.89. The molecule has 1 heterocycles. The maximum absolute atomic E-state index is 9.59. The Morgan fingerprint density at radius 1 is 1.39 bits per heavy atom. The van der Waals surface area contributed by atoms with Gasteiger partial charge in [-0.25, -0.2) is 4.99 Å². The van der Waals surface area contributed by atoms with Gasteiger partial charge in [0.1, 0.15) is 11.6 Å². The molecule has 3 N–H and O–H groups in total. The molecule has 1 aliphatic carbocycles. The minimum absolute atomic E-state index is 0.223. The first-order valence-corrected chi connectivity index (χ1v) is 6.73. The van der Waals surface area contributed by atoms with E-state index in [2.05, 4.69) is 25.9 Å². The van der Waals surface area contributed by atoms with Gasteiger partial charge in [0.2, 0.25) is 0 Å². The Kier molecular flexibility index (Phi) is 2.48. The highest BCUT2D eigenvalue weighted by Crippen LogP contribution is 2.51.